The van der Waals surface area contributed by atoms with E-state index in [1.165, 1.54) is 18.4 Å². The predicted molar refractivity (Wildman–Crippen MR) is 55.1 cm³/mol. The molecule has 0 aliphatic heterocycles. The first-order chi connectivity index (χ1) is 6.60. The van der Waals surface area contributed by atoms with Gasteiger partial charge < -0.3 is 4.74 Å². The Hall–Kier alpha value is -1.16. The van der Waals surface area contributed by atoms with Crippen LogP contribution in [0.25, 0.3) is 0 Å². The highest BCUT2D eigenvalue weighted by Crippen LogP contribution is 2.28. The van der Waals surface area contributed by atoms with Crippen LogP contribution in [-0.4, -0.2) is 19.4 Å². The van der Waals surface area contributed by atoms with Crippen LogP contribution < -0.4 is 0 Å². The summed E-state index contributed by atoms with van der Waals surface area (Å²) in [7, 11) is 1.34. The van der Waals surface area contributed by atoms with Crippen molar-refractivity contribution in [1.29, 1.82) is 0 Å². The summed E-state index contributed by atoms with van der Waals surface area (Å²) >= 11 is 1.18. The number of hydrogen-bond donors (Lipinski definition) is 0. The minimum absolute atomic E-state index is 0.217. The lowest BCUT2D eigenvalue weighted by atomic mass is 10.0. The van der Waals surface area contributed by atoms with E-state index in [-0.39, 0.29) is 11.9 Å². The van der Waals surface area contributed by atoms with Gasteiger partial charge >= 0.3 is 5.97 Å². The van der Waals surface area contributed by atoms with Crippen molar-refractivity contribution in [3.63, 3.8) is 0 Å². The van der Waals surface area contributed by atoms with Gasteiger partial charge in [0, 0.05) is 0 Å². The van der Waals surface area contributed by atoms with Gasteiger partial charge in [0.25, 0.3) is 0 Å². The molecule has 3 nitrogen and oxygen atoms in total. The summed E-state index contributed by atoms with van der Waals surface area (Å²) < 4.78 is 4.64. The Kier molecular flexibility index (Phi) is 3.41. The molecule has 0 unspecified atom stereocenters. The van der Waals surface area contributed by atoms with Crippen LogP contribution in [0.4, 0.5) is 0 Å². The molecule has 1 aromatic heterocycles. The Morgan fingerprint density at radius 3 is 2.64 bits per heavy atom. The largest absolute Gasteiger partial charge is 0.465 e. The summed E-state index contributed by atoms with van der Waals surface area (Å²) in [5.41, 5.74) is 0.879. The molecule has 1 rings (SSSR count). The molecule has 0 bridgehead atoms. The van der Waals surface area contributed by atoms with Gasteiger partial charge in [0.15, 0.2) is 6.29 Å². The molecule has 1 aromatic rings. The minimum atomic E-state index is -0.369. The van der Waals surface area contributed by atoms with Gasteiger partial charge in [-0.25, -0.2) is 4.79 Å². The number of aldehydes is 1. The monoisotopic (exact) mass is 212 g/mol. The topological polar surface area (TPSA) is 43.4 Å². The summed E-state index contributed by atoms with van der Waals surface area (Å²) in [6.45, 7) is 3.95. The Labute approximate surface area is 86.7 Å². The van der Waals surface area contributed by atoms with E-state index in [0.29, 0.717) is 9.75 Å². The van der Waals surface area contributed by atoms with Crippen LogP contribution in [0.5, 0.6) is 0 Å². The fourth-order valence-electron chi connectivity index (χ4n) is 1.16. The third-order valence-corrected chi connectivity index (χ3v) is 2.95. The SMILES string of the molecule is COC(=O)c1sc(C=O)cc1C(C)C. The van der Waals surface area contributed by atoms with Gasteiger partial charge in [-0.3, -0.25) is 4.79 Å². The lowest BCUT2D eigenvalue weighted by molar-refractivity contribution is 0.0604. The standard InChI is InChI=1S/C10H12O3S/c1-6(2)8-4-7(5-11)14-9(8)10(12)13-3/h4-6H,1-3H3. The van der Waals surface area contributed by atoms with Crippen molar-refractivity contribution in [3.8, 4) is 0 Å². The number of carbonyl (C=O) groups is 2. The van der Waals surface area contributed by atoms with Crippen molar-refractivity contribution in [2.45, 2.75) is 19.8 Å². The molecule has 0 spiro atoms. The predicted octanol–water partition coefficient (Wildman–Crippen LogP) is 2.47. The van der Waals surface area contributed by atoms with Gasteiger partial charge in [-0.1, -0.05) is 13.8 Å². The number of ether oxygens (including phenoxy) is 1. The van der Waals surface area contributed by atoms with Crippen LogP contribution in [-0.2, 0) is 4.74 Å². The zero-order chi connectivity index (χ0) is 10.7. The van der Waals surface area contributed by atoms with Crippen LogP contribution in [0.2, 0.25) is 0 Å². The van der Waals surface area contributed by atoms with E-state index in [1.54, 1.807) is 6.07 Å². The number of esters is 1. The van der Waals surface area contributed by atoms with E-state index in [2.05, 4.69) is 4.74 Å². The molecular weight excluding hydrogens is 200 g/mol. The van der Waals surface area contributed by atoms with Gasteiger partial charge in [0.1, 0.15) is 4.88 Å². The molecule has 76 valence electrons. The van der Waals surface area contributed by atoms with Crippen LogP contribution >= 0.6 is 11.3 Å². The highest BCUT2D eigenvalue weighted by atomic mass is 32.1. The molecule has 0 fully saturated rings. The van der Waals surface area contributed by atoms with Gasteiger partial charge in [0.05, 0.1) is 12.0 Å². The molecule has 14 heavy (non-hydrogen) atoms. The van der Waals surface area contributed by atoms with Gasteiger partial charge in [-0.05, 0) is 17.5 Å². The quantitative estimate of drug-likeness (QED) is 0.571. The van der Waals surface area contributed by atoms with Crippen LogP contribution in [0.1, 0.15) is 44.7 Å². The highest BCUT2D eigenvalue weighted by molar-refractivity contribution is 7.15. The van der Waals surface area contributed by atoms with E-state index in [4.69, 9.17) is 0 Å². The van der Waals surface area contributed by atoms with Gasteiger partial charge in [-0.15, -0.1) is 11.3 Å². The van der Waals surface area contributed by atoms with Crippen molar-refractivity contribution < 1.29 is 14.3 Å². The van der Waals surface area contributed by atoms with E-state index < -0.39 is 0 Å². The summed E-state index contributed by atoms with van der Waals surface area (Å²) in [5.74, 6) is -0.152. The third-order valence-electron chi connectivity index (χ3n) is 1.89. The van der Waals surface area contributed by atoms with Crippen LogP contribution in [0.15, 0.2) is 6.07 Å². The van der Waals surface area contributed by atoms with Crippen molar-refractivity contribution in [2.24, 2.45) is 0 Å². The summed E-state index contributed by atoms with van der Waals surface area (Å²) in [6, 6.07) is 1.74. The van der Waals surface area contributed by atoms with Crippen LogP contribution in [0, 0.1) is 0 Å². The molecule has 0 radical (unpaired) electrons. The summed E-state index contributed by atoms with van der Waals surface area (Å²) in [6.07, 6.45) is 0.753. The molecule has 0 saturated heterocycles. The first kappa shape index (κ1) is 10.9. The molecule has 0 atom stereocenters. The first-order valence-corrected chi connectivity index (χ1v) is 5.09. The molecular formula is C10H12O3S. The lowest BCUT2D eigenvalue weighted by Gasteiger charge is -2.04. The molecule has 0 aliphatic carbocycles. The van der Waals surface area contributed by atoms with Crippen molar-refractivity contribution >= 4 is 23.6 Å². The Morgan fingerprint density at radius 2 is 2.21 bits per heavy atom. The number of methoxy groups -OCH3 is 1. The van der Waals surface area contributed by atoms with Crippen molar-refractivity contribution in [3.05, 3.63) is 21.4 Å². The average Bonchev–Trinajstić information content (AvgIpc) is 2.60. The van der Waals surface area contributed by atoms with E-state index in [0.717, 1.165) is 11.8 Å². The maximum Gasteiger partial charge on any atom is 0.348 e. The van der Waals surface area contributed by atoms with Crippen molar-refractivity contribution in [2.75, 3.05) is 7.11 Å². The number of carbonyl (C=O) groups excluding carboxylic acids is 2. The molecule has 0 N–H and O–H groups in total. The average molecular weight is 212 g/mol. The highest BCUT2D eigenvalue weighted by Gasteiger charge is 2.18. The number of hydrogen-bond acceptors (Lipinski definition) is 4. The Morgan fingerprint density at radius 1 is 1.57 bits per heavy atom. The number of rotatable bonds is 3. The maximum absolute atomic E-state index is 11.3. The van der Waals surface area contributed by atoms with E-state index in [1.807, 2.05) is 13.8 Å². The smallest absolute Gasteiger partial charge is 0.348 e. The molecule has 1 heterocycles. The second-order valence-electron chi connectivity index (χ2n) is 3.20. The first-order valence-electron chi connectivity index (χ1n) is 4.27. The van der Waals surface area contributed by atoms with E-state index in [9.17, 15) is 9.59 Å². The van der Waals surface area contributed by atoms with E-state index >= 15 is 0 Å². The maximum atomic E-state index is 11.3. The zero-order valence-corrected chi connectivity index (χ0v) is 9.18. The molecule has 0 saturated carbocycles. The second-order valence-corrected chi connectivity index (χ2v) is 4.28. The fourth-order valence-corrected chi connectivity index (χ4v) is 2.21. The normalized spacial score (nSPS) is 10.3. The molecule has 0 amide bonds. The third kappa shape index (κ3) is 2.01. The lowest BCUT2D eigenvalue weighted by Crippen LogP contribution is -2.02. The van der Waals surface area contributed by atoms with Gasteiger partial charge in [0.2, 0.25) is 0 Å². The molecule has 0 aromatic carbocycles. The molecule has 4 heteroatoms. The van der Waals surface area contributed by atoms with Crippen LogP contribution in [0.3, 0.4) is 0 Å². The van der Waals surface area contributed by atoms with Crippen molar-refractivity contribution in [1.82, 2.24) is 0 Å². The fraction of sp³-hybridized carbons (Fsp3) is 0.400. The summed E-state index contributed by atoms with van der Waals surface area (Å²) in [5, 5.41) is 0. The number of thiophene rings is 1. The Bertz CT molecular complexity index is 352. The summed E-state index contributed by atoms with van der Waals surface area (Å²) in [4.78, 5) is 23.0. The molecule has 0 aliphatic rings. The second kappa shape index (κ2) is 4.37. The minimum Gasteiger partial charge on any atom is -0.465 e. The Balaban J connectivity index is 3.18. The van der Waals surface area contributed by atoms with Gasteiger partial charge in [-0.2, -0.15) is 0 Å². The zero-order valence-electron chi connectivity index (χ0n) is 8.37.